The van der Waals surface area contributed by atoms with Gasteiger partial charge in [0.15, 0.2) is 5.90 Å². The summed E-state index contributed by atoms with van der Waals surface area (Å²) in [6.45, 7) is 1.93. The topological polar surface area (TPSA) is 110 Å². The first-order chi connectivity index (χ1) is 17.1. The summed E-state index contributed by atoms with van der Waals surface area (Å²) in [6, 6.07) is 6.31. The number of aryl methyl sites for hydroxylation is 1. The molecule has 0 atom stereocenters. The lowest BCUT2D eigenvalue weighted by Gasteiger charge is -2.33. The monoisotopic (exact) mass is 517 g/mol. The number of alkyl halides is 3. The molecule has 0 spiro atoms. The molecule has 188 valence electrons. The number of anilines is 2. The van der Waals surface area contributed by atoms with Gasteiger partial charge in [-0.3, -0.25) is 0 Å². The Hall–Kier alpha value is -3.38. The van der Waals surface area contributed by atoms with E-state index in [1.54, 1.807) is 18.3 Å². The van der Waals surface area contributed by atoms with Gasteiger partial charge in [0.05, 0.1) is 4.88 Å². The quantitative estimate of drug-likeness (QED) is 0.458. The molecule has 1 aromatic carbocycles. The molecular weight excluding hydrogens is 495 g/mol. The lowest BCUT2D eigenvalue weighted by atomic mass is 9.79. The van der Waals surface area contributed by atoms with Gasteiger partial charge in [0.25, 0.3) is 0 Å². The van der Waals surface area contributed by atoms with E-state index < -0.39 is 17.5 Å². The minimum Gasteiger partial charge on any atom is -0.410 e. The average Bonchev–Trinajstić information content (AvgIpc) is 3.49. The Labute approximate surface area is 208 Å². The van der Waals surface area contributed by atoms with E-state index in [0.29, 0.717) is 42.3 Å². The number of cyclic esters (lactones) is 1. The lowest BCUT2D eigenvalue weighted by molar-refractivity contribution is -0.141. The molecule has 36 heavy (non-hydrogen) atoms. The summed E-state index contributed by atoms with van der Waals surface area (Å²) in [5.41, 5.74) is 0.103. The molecule has 0 amide bonds. The summed E-state index contributed by atoms with van der Waals surface area (Å²) in [5.74, 6) is -0.0249. The maximum Gasteiger partial charge on any atom is 0.433 e. The number of aliphatic hydroxyl groups is 1. The first kappa shape index (κ1) is 24.3. The number of rotatable bonds is 5. The predicted molar refractivity (Wildman–Crippen MR) is 127 cm³/mol. The summed E-state index contributed by atoms with van der Waals surface area (Å²) < 4.78 is 44.1. The summed E-state index contributed by atoms with van der Waals surface area (Å²) in [4.78, 5) is 28.2. The van der Waals surface area contributed by atoms with Crippen LogP contribution in [-0.2, 0) is 21.3 Å². The number of nitrogens with zero attached hydrogens (tertiary/aromatic N) is 4. The summed E-state index contributed by atoms with van der Waals surface area (Å²) in [7, 11) is 0. The van der Waals surface area contributed by atoms with Crippen LogP contribution in [0.2, 0.25) is 0 Å². The van der Waals surface area contributed by atoms with Gasteiger partial charge in [-0.2, -0.15) is 13.2 Å². The first-order valence-electron chi connectivity index (χ1n) is 11.3. The second-order valence-corrected chi connectivity index (χ2v) is 9.97. The van der Waals surface area contributed by atoms with Crippen molar-refractivity contribution >= 4 is 34.8 Å². The van der Waals surface area contributed by atoms with Gasteiger partial charge >= 0.3 is 12.1 Å². The van der Waals surface area contributed by atoms with Crippen LogP contribution >= 0.6 is 11.3 Å². The van der Waals surface area contributed by atoms with Crippen LogP contribution in [0.3, 0.4) is 0 Å². The zero-order chi connectivity index (χ0) is 25.5. The number of hydrogen-bond acceptors (Lipinski definition) is 9. The summed E-state index contributed by atoms with van der Waals surface area (Å²) in [6.07, 6.45) is 0.378. The first-order valence-corrected chi connectivity index (χ1v) is 12.1. The smallest absolute Gasteiger partial charge is 0.410 e. The van der Waals surface area contributed by atoms with Gasteiger partial charge in [0, 0.05) is 24.0 Å². The van der Waals surface area contributed by atoms with Crippen LogP contribution in [0.5, 0.6) is 0 Å². The molecule has 5 rings (SSSR count). The number of nitrogens with one attached hydrogen (secondary N) is 1. The molecular formula is C24H22F3N5O3S. The minimum atomic E-state index is -4.56. The molecule has 12 heteroatoms. The second kappa shape index (κ2) is 9.25. The average molecular weight is 518 g/mol. The number of carbonyl (C=O) groups is 1. The molecule has 0 bridgehead atoms. The number of aliphatic imine (C=N–C) groups is 1. The highest BCUT2D eigenvalue weighted by Crippen LogP contribution is 2.43. The van der Waals surface area contributed by atoms with E-state index in [1.807, 2.05) is 13.0 Å². The molecule has 1 fully saturated rings. The number of carbonyl (C=O) groups excluding carboxylic acids is 1. The number of benzene rings is 1. The second-order valence-electron chi connectivity index (χ2n) is 8.94. The van der Waals surface area contributed by atoms with Crippen molar-refractivity contribution in [3.63, 3.8) is 0 Å². The molecule has 8 nitrogen and oxygen atoms in total. The molecule has 2 aromatic heterocycles. The Balaban J connectivity index is 1.32. The van der Waals surface area contributed by atoms with E-state index in [9.17, 15) is 23.1 Å². The van der Waals surface area contributed by atoms with Gasteiger partial charge < -0.3 is 15.2 Å². The predicted octanol–water partition coefficient (Wildman–Crippen LogP) is 5.00. The number of ether oxygens (including phenoxy) is 1. The van der Waals surface area contributed by atoms with E-state index in [0.717, 1.165) is 28.3 Å². The minimum absolute atomic E-state index is 0.0135. The van der Waals surface area contributed by atoms with Crippen molar-refractivity contribution in [3.8, 4) is 10.4 Å². The summed E-state index contributed by atoms with van der Waals surface area (Å²) >= 11 is 1.37. The van der Waals surface area contributed by atoms with Gasteiger partial charge in [-0.05, 0) is 61.9 Å². The summed E-state index contributed by atoms with van der Waals surface area (Å²) in [5, 5.41) is 14.7. The number of esters is 1. The van der Waals surface area contributed by atoms with Crippen molar-refractivity contribution < 1.29 is 27.8 Å². The van der Waals surface area contributed by atoms with E-state index >= 15 is 0 Å². The van der Waals surface area contributed by atoms with Crippen molar-refractivity contribution in [1.82, 2.24) is 15.0 Å². The van der Waals surface area contributed by atoms with Crippen molar-refractivity contribution in [2.24, 2.45) is 10.9 Å². The molecule has 0 saturated heterocycles. The maximum absolute atomic E-state index is 13.0. The van der Waals surface area contributed by atoms with Gasteiger partial charge in [-0.25, -0.2) is 24.7 Å². The van der Waals surface area contributed by atoms with E-state index in [-0.39, 0.29) is 24.4 Å². The third kappa shape index (κ3) is 5.09. The standard InChI is InChI=1S/C24H22F3N5O3S/c1-13-8-15(10-16(9-13)31-22-28-7-4-18(32-22)24(25,26)27)17-11-30-21(36-17)23(34)5-2-14(3-6-23)20-29-12-19(33)35-20/h4,7-11,14,34H,2-3,5-6,12H2,1H3,(H,28,31,32). The van der Waals surface area contributed by atoms with Crippen LogP contribution in [0.25, 0.3) is 10.4 Å². The van der Waals surface area contributed by atoms with Crippen LogP contribution in [0.1, 0.15) is 41.9 Å². The molecule has 0 unspecified atom stereocenters. The zero-order valence-electron chi connectivity index (χ0n) is 19.2. The highest BCUT2D eigenvalue weighted by Gasteiger charge is 2.40. The van der Waals surface area contributed by atoms with Crippen LogP contribution < -0.4 is 5.32 Å². The van der Waals surface area contributed by atoms with Crippen molar-refractivity contribution in [2.45, 2.75) is 44.4 Å². The molecule has 1 saturated carbocycles. The Morgan fingerprint density at radius 1 is 1.19 bits per heavy atom. The van der Waals surface area contributed by atoms with E-state index in [1.165, 1.54) is 11.3 Å². The number of hydrogen-bond donors (Lipinski definition) is 2. The third-order valence-electron chi connectivity index (χ3n) is 6.21. The molecule has 3 heterocycles. The normalized spacial score (nSPS) is 22.3. The molecule has 3 aromatic rings. The Kier molecular flexibility index (Phi) is 6.25. The van der Waals surface area contributed by atoms with Crippen LogP contribution in [0.15, 0.2) is 41.7 Å². The lowest BCUT2D eigenvalue weighted by Crippen LogP contribution is -2.34. The van der Waals surface area contributed by atoms with Crippen molar-refractivity contribution in [2.75, 3.05) is 11.9 Å². The molecule has 1 aliphatic heterocycles. The molecule has 1 aliphatic carbocycles. The van der Waals surface area contributed by atoms with Crippen molar-refractivity contribution in [1.29, 1.82) is 0 Å². The van der Waals surface area contributed by atoms with E-state index in [2.05, 4.69) is 25.3 Å². The van der Waals surface area contributed by atoms with Crippen molar-refractivity contribution in [3.05, 3.63) is 52.9 Å². The highest BCUT2D eigenvalue weighted by molar-refractivity contribution is 7.15. The molecule has 0 radical (unpaired) electrons. The molecule has 2 N–H and O–H groups in total. The Morgan fingerprint density at radius 3 is 2.67 bits per heavy atom. The van der Waals surface area contributed by atoms with Gasteiger partial charge in [0.2, 0.25) is 5.95 Å². The zero-order valence-corrected chi connectivity index (χ0v) is 20.0. The van der Waals surface area contributed by atoms with Gasteiger partial charge in [-0.15, -0.1) is 11.3 Å². The van der Waals surface area contributed by atoms with Gasteiger partial charge in [0.1, 0.15) is 22.8 Å². The van der Waals surface area contributed by atoms with Crippen LogP contribution in [0, 0.1) is 12.8 Å². The third-order valence-corrected chi connectivity index (χ3v) is 7.45. The number of thiazole rings is 1. The SMILES string of the molecule is Cc1cc(Nc2nccc(C(F)(F)F)n2)cc(-c2cnc(C3(O)CCC(C4=NCC(=O)O4)CC3)s2)c1. The Bertz CT molecular complexity index is 1330. The fourth-order valence-corrected chi connectivity index (χ4v) is 5.47. The van der Waals surface area contributed by atoms with E-state index in [4.69, 9.17) is 4.74 Å². The van der Waals surface area contributed by atoms with Gasteiger partial charge in [-0.1, -0.05) is 6.07 Å². The Morgan fingerprint density at radius 2 is 1.97 bits per heavy atom. The maximum atomic E-state index is 13.0. The number of aromatic nitrogens is 3. The largest absolute Gasteiger partial charge is 0.433 e. The van der Waals surface area contributed by atoms with Crippen LogP contribution in [-0.4, -0.2) is 38.5 Å². The van der Waals surface area contributed by atoms with Crippen LogP contribution in [0.4, 0.5) is 24.8 Å². The molecule has 2 aliphatic rings. The fraction of sp³-hybridized carbons (Fsp3) is 0.375. The highest BCUT2D eigenvalue weighted by atomic mass is 32.1. The number of halogens is 3. The fourth-order valence-electron chi connectivity index (χ4n) is 4.42.